The van der Waals surface area contributed by atoms with Gasteiger partial charge < -0.3 is 19.5 Å². The summed E-state index contributed by atoms with van der Waals surface area (Å²) < 4.78 is 17.2. The van der Waals surface area contributed by atoms with E-state index in [1.807, 2.05) is 52.8 Å². The van der Waals surface area contributed by atoms with Gasteiger partial charge in [-0.25, -0.2) is 0 Å². The molecule has 27 heavy (non-hydrogen) atoms. The summed E-state index contributed by atoms with van der Waals surface area (Å²) in [6.07, 6.45) is 1.06. The summed E-state index contributed by atoms with van der Waals surface area (Å²) in [5.74, 6) is -1.16. The topological polar surface area (TPSA) is 73.9 Å². The third-order valence-electron chi connectivity index (χ3n) is 4.03. The van der Waals surface area contributed by atoms with Crippen molar-refractivity contribution in [3.05, 3.63) is 35.9 Å². The van der Waals surface area contributed by atoms with E-state index in [1.165, 1.54) is 0 Å². The molecule has 1 fully saturated rings. The number of carbonyl (C=O) groups is 2. The van der Waals surface area contributed by atoms with Gasteiger partial charge >= 0.3 is 5.97 Å². The van der Waals surface area contributed by atoms with Crippen LogP contribution in [0.3, 0.4) is 0 Å². The number of hydrogen-bond acceptors (Lipinski definition) is 5. The summed E-state index contributed by atoms with van der Waals surface area (Å²) >= 11 is 0. The lowest BCUT2D eigenvalue weighted by Crippen LogP contribution is -2.46. The first-order chi connectivity index (χ1) is 12.5. The van der Waals surface area contributed by atoms with Gasteiger partial charge in [0.1, 0.15) is 5.60 Å². The Kier molecular flexibility index (Phi) is 7.00. The van der Waals surface area contributed by atoms with Crippen LogP contribution in [0, 0.1) is 0 Å². The molecule has 1 aromatic rings. The molecule has 0 unspecified atom stereocenters. The second kappa shape index (κ2) is 8.85. The Morgan fingerprint density at radius 1 is 1.15 bits per heavy atom. The van der Waals surface area contributed by atoms with Crippen molar-refractivity contribution in [2.75, 3.05) is 6.54 Å². The van der Waals surface area contributed by atoms with Crippen molar-refractivity contribution in [3.63, 3.8) is 0 Å². The Morgan fingerprint density at radius 3 is 2.41 bits per heavy atom. The zero-order chi connectivity index (χ0) is 20.1. The van der Waals surface area contributed by atoms with Crippen LogP contribution >= 0.6 is 0 Å². The lowest BCUT2D eigenvalue weighted by atomic mass is 10.0. The predicted molar refractivity (Wildman–Crippen MR) is 102 cm³/mol. The van der Waals surface area contributed by atoms with Crippen molar-refractivity contribution < 1.29 is 23.8 Å². The Hall–Kier alpha value is -1.92. The summed E-state index contributed by atoms with van der Waals surface area (Å²) in [5, 5.41) is 2.91. The highest BCUT2D eigenvalue weighted by molar-refractivity contribution is 5.94. The van der Waals surface area contributed by atoms with E-state index < -0.39 is 11.4 Å². The van der Waals surface area contributed by atoms with Crippen molar-refractivity contribution in [2.24, 2.45) is 0 Å². The van der Waals surface area contributed by atoms with Gasteiger partial charge in [0.25, 0.3) is 5.91 Å². The first-order valence-corrected chi connectivity index (χ1v) is 9.45. The van der Waals surface area contributed by atoms with Gasteiger partial charge in [-0.2, -0.15) is 0 Å². The molecule has 6 heteroatoms. The number of esters is 1. The Morgan fingerprint density at radius 2 is 1.78 bits per heavy atom. The second-order valence-electron chi connectivity index (χ2n) is 8.32. The number of nitrogens with one attached hydrogen (secondary N) is 1. The highest BCUT2D eigenvalue weighted by atomic mass is 16.7. The molecular weight excluding hydrogens is 346 g/mol. The lowest BCUT2D eigenvalue weighted by molar-refractivity contribution is -0.300. The smallest absolute Gasteiger partial charge is 0.308 e. The molecule has 1 amide bonds. The third kappa shape index (κ3) is 7.69. The van der Waals surface area contributed by atoms with Crippen LogP contribution in [0.25, 0.3) is 0 Å². The van der Waals surface area contributed by atoms with Gasteiger partial charge in [-0.15, -0.1) is 0 Å². The van der Waals surface area contributed by atoms with Crippen LogP contribution in [-0.2, 0) is 19.0 Å². The maximum absolute atomic E-state index is 12.1. The van der Waals surface area contributed by atoms with E-state index in [2.05, 4.69) is 5.32 Å². The molecule has 1 aliphatic heterocycles. The van der Waals surface area contributed by atoms with E-state index in [0.29, 0.717) is 24.9 Å². The molecule has 1 saturated heterocycles. The molecule has 0 saturated carbocycles. The summed E-state index contributed by atoms with van der Waals surface area (Å²) in [6, 6.07) is 9.10. The van der Waals surface area contributed by atoms with E-state index in [-0.39, 0.29) is 30.5 Å². The molecule has 0 aromatic heterocycles. The van der Waals surface area contributed by atoms with Crippen LogP contribution in [0.4, 0.5) is 0 Å². The van der Waals surface area contributed by atoms with Gasteiger partial charge in [0.05, 0.1) is 18.6 Å². The monoisotopic (exact) mass is 377 g/mol. The van der Waals surface area contributed by atoms with Crippen molar-refractivity contribution in [1.29, 1.82) is 0 Å². The zero-order valence-electron chi connectivity index (χ0n) is 16.9. The zero-order valence-corrected chi connectivity index (χ0v) is 16.9. The molecule has 0 bridgehead atoms. The molecular formula is C21H31NO5. The van der Waals surface area contributed by atoms with Crippen LogP contribution < -0.4 is 5.32 Å². The highest BCUT2D eigenvalue weighted by Gasteiger charge is 2.36. The fraction of sp³-hybridized carbons (Fsp3) is 0.619. The van der Waals surface area contributed by atoms with Crippen LogP contribution in [0.1, 0.15) is 64.2 Å². The van der Waals surface area contributed by atoms with Gasteiger partial charge in [0, 0.05) is 18.5 Å². The molecule has 0 aliphatic carbocycles. The minimum atomic E-state index is -0.779. The van der Waals surface area contributed by atoms with E-state index >= 15 is 0 Å². The molecule has 1 N–H and O–H groups in total. The molecule has 2 atom stereocenters. The van der Waals surface area contributed by atoms with Crippen molar-refractivity contribution >= 4 is 11.9 Å². The average molecular weight is 377 g/mol. The maximum atomic E-state index is 12.1. The van der Waals surface area contributed by atoms with Gasteiger partial charge in [0.2, 0.25) is 0 Å². The largest absolute Gasteiger partial charge is 0.460 e. The van der Waals surface area contributed by atoms with Gasteiger partial charge in [0.15, 0.2) is 5.79 Å². The maximum Gasteiger partial charge on any atom is 0.308 e. The van der Waals surface area contributed by atoms with Gasteiger partial charge in [-0.05, 0) is 53.2 Å². The van der Waals surface area contributed by atoms with Crippen molar-refractivity contribution in [2.45, 2.75) is 77.5 Å². The number of hydrogen-bond donors (Lipinski definition) is 1. The van der Waals surface area contributed by atoms with Crippen LogP contribution in [0.5, 0.6) is 0 Å². The summed E-state index contributed by atoms with van der Waals surface area (Å²) in [7, 11) is 0. The van der Waals surface area contributed by atoms with E-state index in [4.69, 9.17) is 14.2 Å². The fourth-order valence-electron chi connectivity index (χ4n) is 3.13. The molecule has 1 heterocycles. The normalized spacial score (nSPS) is 22.1. The SMILES string of the molecule is CC(C)(C)OC(=O)C[C@H]1C[C@@H](CCNC(=O)c2ccccc2)OC(C)(C)O1. The molecule has 0 radical (unpaired) electrons. The lowest BCUT2D eigenvalue weighted by Gasteiger charge is -2.40. The minimum Gasteiger partial charge on any atom is -0.460 e. The van der Waals surface area contributed by atoms with E-state index in [0.717, 1.165) is 0 Å². The van der Waals surface area contributed by atoms with E-state index in [1.54, 1.807) is 12.1 Å². The molecule has 150 valence electrons. The Bertz CT molecular complexity index is 636. The Balaban J connectivity index is 1.83. The van der Waals surface area contributed by atoms with Crippen molar-refractivity contribution in [3.8, 4) is 0 Å². The van der Waals surface area contributed by atoms with Gasteiger partial charge in [-0.3, -0.25) is 9.59 Å². The third-order valence-corrected chi connectivity index (χ3v) is 4.03. The van der Waals surface area contributed by atoms with E-state index in [9.17, 15) is 9.59 Å². The van der Waals surface area contributed by atoms with Crippen molar-refractivity contribution in [1.82, 2.24) is 5.32 Å². The molecule has 2 rings (SSSR count). The second-order valence-corrected chi connectivity index (χ2v) is 8.32. The first-order valence-electron chi connectivity index (χ1n) is 9.45. The van der Waals surface area contributed by atoms with Crippen LogP contribution in [0.15, 0.2) is 30.3 Å². The number of amides is 1. The molecule has 0 spiro atoms. The highest BCUT2D eigenvalue weighted by Crippen LogP contribution is 2.30. The minimum absolute atomic E-state index is 0.0998. The van der Waals surface area contributed by atoms with Crippen LogP contribution in [-0.4, -0.2) is 42.0 Å². The quantitative estimate of drug-likeness (QED) is 0.769. The number of benzene rings is 1. The summed E-state index contributed by atoms with van der Waals surface area (Å²) in [6.45, 7) is 9.70. The Labute approximate surface area is 161 Å². The average Bonchev–Trinajstić information content (AvgIpc) is 2.52. The molecule has 6 nitrogen and oxygen atoms in total. The standard InChI is InChI=1S/C21H31NO5/c1-20(2,3)27-18(23)14-17-13-16(25-21(4,5)26-17)11-12-22-19(24)15-9-7-6-8-10-15/h6-10,16-17H,11-14H2,1-5H3,(H,22,24)/t16-,17-/m1/s1. The summed E-state index contributed by atoms with van der Waals surface area (Å²) in [5.41, 5.74) is 0.118. The summed E-state index contributed by atoms with van der Waals surface area (Å²) in [4.78, 5) is 24.2. The number of carbonyl (C=O) groups excluding carboxylic acids is 2. The number of ether oxygens (including phenoxy) is 3. The first kappa shape index (κ1) is 21.4. The van der Waals surface area contributed by atoms with Crippen LogP contribution in [0.2, 0.25) is 0 Å². The van der Waals surface area contributed by atoms with Gasteiger partial charge in [-0.1, -0.05) is 18.2 Å². The predicted octanol–water partition coefficient (Wildman–Crippen LogP) is 3.45. The molecule has 1 aliphatic rings. The number of rotatable bonds is 6. The fourth-order valence-corrected chi connectivity index (χ4v) is 3.13. The molecule has 1 aromatic carbocycles.